The third-order valence-corrected chi connectivity index (χ3v) is 3.58. The first-order valence-corrected chi connectivity index (χ1v) is 7.32. The van der Waals surface area contributed by atoms with Gasteiger partial charge in [0.05, 0.1) is 28.1 Å². The first-order chi connectivity index (χ1) is 10.1. The maximum Gasteiger partial charge on any atom is 0.306 e. The zero-order chi connectivity index (χ0) is 15.2. The normalized spacial score (nSPS) is 11.9. The number of nitro benzene ring substituents is 1. The molecule has 6 nitrogen and oxygen atoms in total. The van der Waals surface area contributed by atoms with Crippen LogP contribution in [0.1, 0.15) is 30.7 Å². The molecule has 0 bridgehead atoms. The number of nitro groups is 1. The number of carbonyl (C=O) groups excluding carboxylic acids is 1. The van der Waals surface area contributed by atoms with Crippen molar-refractivity contribution in [2.24, 2.45) is 0 Å². The molecule has 2 rings (SSSR count). The number of para-hydroxylation sites is 1. The molecule has 0 N–H and O–H groups in total. The highest BCUT2D eigenvalue weighted by Gasteiger charge is 2.21. The van der Waals surface area contributed by atoms with Gasteiger partial charge >= 0.3 is 5.97 Å². The van der Waals surface area contributed by atoms with Crippen molar-refractivity contribution < 1.29 is 14.5 Å². The van der Waals surface area contributed by atoms with E-state index in [2.05, 4.69) is 4.98 Å². The van der Waals surface area contributed by atoms with Gasteiger partial charge in [0.2, 0.25) is 0 Å². The Morgan fingerprint density at radius 2 is 2.24 bits per heavy atom. The number of aryl methyl sites for hydroxylation is 1. The third kappa shape index (κ3) is 4.09. The number of aromatic nitrogens is 1. The predicted octanol–water partition coefficient (Wildman–Crippen LogP) is 3.29. The molecule has 0 saturated carbocycles. The van der Waals surface area contributed by atoms with E-state index in [9.17, 15) is 14.9 Å². The van der Waals surface area contributed by atoms with Crippen LogP contribution in [0, 0.1) is 10.1 Å². The molecule has 7 heteroatoms. The van der Waals surface area contributed by atoms with Crippen LogP contribution in [0.3, 0.4) is 0 Å². The summed E-state index contributed by atoms with van der Waals surface area (Å²) in [5.41, 5.74) is 2.90. The van der Waals surface area contributed by atoms with E-state index in [0.717, 1.165) is 5.69 Å². The van der Waals surface area contributed by atoms with Crippen molar-refractivity contribution in [3.8, 4) is 0 Å². The van der Waals surface area contributed by atoms with Crippen molar-refractivity contribution in [3.05, 3.63) is 56.5 Å². The van der Waals surface area contributed by atoms with Crippen LogP contribution in [-0.4, -0.2) is 15.9 Å². The highest BCUT2D eigenvalue weighted by atomic mass is 32.1. The Bertz CT molecular complexity index is 628. The lowest BCUT2D eigenvalue weighted by Crippen LogP contribution is -2.11. The van der Waals surface area contributed by atoms with E-state index in [0.29, 0.717) is 12.0 Å². The predicted molar refractivity (Wildman–Crippen MR) is 78.0 cm³/mol. The Hall–Kier alpha value is -2.28. The van der Waals surface area contributed by atoms with Crippen LogP contribution in [0.25, 0.3) is 0 Å². The molecule has 1 unspecified atom stereocenters. The van der Waals surface area contributed by atoms with Crippen molar-refractivity contribution in [1.82, 2.24) is 4.98 Å². The van der Waals surface area contributed by atoms with Gasteiger partial charge in [0.15, 0.2) is 0 Å². The molecule has 2 aromatic rings. The van der Waals surface area contributed by atoms with Gasteiger partial charge in [-0.3, -0.25) is 14.9 Å². The Labute approximate surface area is 125 Å². The Morgan fingerprint density at radius 1 is 1.48 bits per heavy atom. The van der Waals surface area contributed by atoms with Crippen molar-refractivity contribution in [1.29, 1.82) is 0 Å². The number of hydrogen-bond donors (Lipinski definition) is 0. The number of esters is 1. The molecule has 0 radical (unpaired) electrons. The van der Waals surface area contributed by atoms with E-state index in [1.54, 1.807) is 30.6 Å². The first kappa shape index (κ1) is 15.1. The van der Waals surface area contributed by atoms with Crippen LogP contribution in [0.4, 0.5) is 5.69 Å². The van der Waals surface area contributed by atoms with Gasteiger partial charge in [-0.1, -0.05) is 12.1 Å². The summed E-state index contributed by atoms with van der Waals surface area (Å²) in [7, 11) is 0. The summed E-state index contributed by atoms with van der Waals surface area (Å²) in [5, 5.41) is 12.8. The van der Waals surface area contributed by atoms with Crippen LogP contribution in [0.2, 0.25) is 0 Å². The summed E-state index contributed by atoms with van der Waals surface area (Å²) in [4.78, 5) is 26.3. The highest BCUT2D eigenvalue weighted by molar-refractivity contribution is 7.07. The molecule has 0 fully saturated rings. The van der Waals surface area contributed by atoms with E-state index in [4.69, 9.17) is 4.74 Å². The second kappa shape index (κ2) is 6.94. The summed E-state index contributed by atoms with van der Waals surface area (Å²) in [6, 6.07) is 6.26. The molecule has 1 atom stereocenters. The van der Waals surface area contributed by atoms with Crippen LogP contribution in [0.15, 0.2) is 35.2 Å². The minimum atomic E-state index is -0.658. The number of hydrogen-bond acceptors (Lipinski definition) is 6. The largest absolute Gasteiger partial charge is 0.457 e. The van der Waals surface area contributed by atoms with E-state index >= 15 is 0 Å². The molecule has 0 amide bonds. The second-order valence-corrected chi connectivity index (χ2v) is 5.15. The molecule has 1 aromatic heterocycles. The minimum absolute atomic E-state index is 0.0442. The fourth-order valence-corrected chi connectivity index (χ4v) is 2.50. The van der Waals surface area contributed by atoms with Gasteiger partial charge in [0.1, 0.15) is 6.10 Å². The maximum atomic E-state index is 11.8. The molecule has 110 valence electrons. The average molecular weight is 306 g/mol. The van der Waals surface area contributed by atoms with Crippen molar-refractivity contribution >= 4 is 23.0 Å². The zero-order valence-electron chi connectivity index (χ0n) is 11.4. The van der Waals surface area contributed by atoms with Crippen molar-refractivity contribution in [3.63, 3.8) is 0 Å². The number of carbonyl (C=O) groups is 1. The van der Waals surface area contributed by atoms with Crippen molar-refractivity contribution in [2.45, 2.75) is 25.9 Å². The molecule has 21 heavy (non-hydrogen) atoms. The van der Waals surface area contributed by atoms with Crippen LogP contribution >= 0.6 is 11.3 Å². The molecule has 0 aliphatic rings. The fraction of sp³-hybridized carbons (Fsp3) is 0.286. The number of ether oxygens (including phenoxy) is 1. The zero-order valence-corrected chi connectivity index (χ0v) is 12.2. The number of rotatable bonds is 6. The molecular weight excluding hydrogens is 292 g/mol. The van der Waals surface area contributed by atoms with Crippen molar-refractivity contribution in [2.75, 3.05) is 0 Å². The lowest BCUT2D eigenvalue weighted by Gasteiger charge is -2.13. The standard InChI is InChI=1S/C14H14N2O4S/c1-10(12-4-2-3-5-13(12)16(18)19)20-14(17)7-6-11-8-21-9-15-11/h2-5,8-10H,6-7H2,1H3. The maximum absolute atomic E-state index is 11.8. The highest BCUT2D eigenvalue weighted by Crippen LogP contribution is 2.27. The number of benzene rings is 1. The summed E-state index contributed by atoms with van der Waals surface area (Å²) in [6.07, 6.45) is 0.0511. The average Bonchev–Trinajstić information content (AvgIpc) is 2.98. The van der Waals surface area contributed by atoms with E-state index in [1.165, 1.54) is 17.4 Å². The summed E-state index contributed by atoms with van der Waals surface area (Å²) in [5.74, 6) is -0.395. The molecular formula is C14H14N2O4S. The summed E-state index contributed by atoms with van der Waals surface area (Å²) < 4.78 is 5.26. The molecule has 1 aromatic carbocycles. The first-order valence-electron chi connectivity index (χ1n) is 6.38. The summed E-state index contributed by atoms with van der Waals surface area (Å²) >= 11 is 1.47. The van der Waals surface area contributed by atoms with E-state index in [1.807, 2.05) is 5.38 Å². The molecule has 0 spiro atoms. The SMILES string of the molecule is CC(OC(=O)CCc1cscn1)c1ccccc1[N+](=O)[O-]. The Morgan fingerprint density at radius 3 is 2.90 bits per heavy atom. The Balaban J connectivity index is 1.96. The monoisotopic (exact) mass is 306 g/mol. The third-order valence-electron chi connectivity index (χ3n) is 2.95. The van der Waals surface area contributed by atoms with E-state index < -0.39 is 17.0 Å². The molecule has 1 heterocycles. The molecule has 0 aliphatic heterocycles. The van der Waals surface area contributed by atoms with Crippen LogP contribution < -0.4 is 0 Å². The summed E-state index contributed by atoms with van der Waals surface area (Å²) in [6.45, 7) is 1.63. The topological polar surface area (TPSA) is 82.3 Å². The van der Waals surface area contributed by atoms with Gasteiger partial charge in [-0.15, -0.1) is 11.3 Å². The number of thiazole rings is 1. The lowest BCUT2D eigenvalue weighted by molar-refractivity contribution is -0.386. The molecule has 0 aliphatic carbocycles. The second-order valence-electron chi connectivity index (χ2n) is 4.43. The Kier molecular flexibility index (Phi) is 4.99. The van der Waals surface area contributed by atoms with Gasteiger partial charge < -0.3 is 4.74 Å². The minimum Gasteiger partial charge on any atom is -0.457 e. The van der Waals surface area contributed by atoms with Gasteiger partial charge in [0.25, 0.3) is 5.69 Å². The van der Waals surface area contributed by atoms with Gasteiger partial charge in [-0.25, -0.2) is 4.98 Å². The smallest absolute Gasteiger partial charge is 0.306 e. The van der Waals surface area contributed by atoms with Crippen LogP contribution in [0.5, 0.6) is 0 Å². The quantitative estimate of drug-likeness (QED) is 0.464. The van der Waals surface area contributed by atoms with Gasteiger partial charge in [-0.05, 0) is 13.0 Å². The van der Waals surface area contributed by atoms with E-state index in [-0.39, 0.29) is 12.1 Å². The van der Waals surface area contributed by atoms with Gasteiger partial charge in [0, 0.05) is 17.9 Å². The fourth-order valence-electron chi connectivity index (χ4n) is 1.91. The molecule has 0 saturated heterocycles. The lowest BCUT2D eigenvalue weighted by atomic mass is 10.1. The number of nitrogens with zero attached hydrogens (tertiary/aromatic N) is 2. The van der Waals surface area contributed by atoms with Gasteiger partial charge in [-0.2, -0.15) is 0 Å². The van der Waals surface area contributed by atoms with Crippen LogP contribution in [-0.2, 0) is 16.0 Å².